The molecule has 1 saturated heterocycles. The number of methoxy groups -OCH3 is 2. The first kappa shape index (κ1) is 22.2. The van der Waals surface area contributed by atoms with Crippen LogP contribution in [0.3, 0.4) is 0 Å². The number of aliphatic hydroxyl groups excluding tert-OH is 1. The fourth-order valence-corrected chi connectivity index (χ4v) is 3.64. The number of aliphatic hydroxyl groups is 1. The summed E-state index contributed by atoms with van der Waals surface area (Å²) in [6.07, 6.45) is 0. The van der Waals surface area contributed by atoms with E-state index in [1.54, 1.807) is 30.3 Å². The lowest BCUT2D eigenvalue weighted by atomic mass is 9.94. The summed E-state index contributed by atoms with van der Waals surface area (Å²) in [5.74, 6) is -1.20. The van der Waals surface area contributed by atoms with E-state index in [-0.39, 0.29) is 29.2 Å². The lowest BCUT2D eigenvalue weighted by Crippen LogP contribution is -2.35. The normalized spacial score (nSPS) is 18.0. The molecule has 1 fully saturated rings. The Bertz CT molecular complexity index is 991. The van der Waals surface area contributed by atoms with Gasteiger partial charge in [-0.15, -0.1) is 0 Å². The molecule has 1 atom stereocenters. The number of carbonyl (C=O) groups excluding carboxylic acids is 2. The predicted molar refractivity (Wildman–Crippen MR) is 115 cm³/mol. The second kappa shape index (κ2) is 9.09. The molecule has 2 aromatic rings. The lowest BCUT2D eigenvalue weighted by Gasteiger charge is -2.26. The Hall–Kier alpha value is -3.52. The number of carbonyl (C=O) groups is 2. The van der Waals surface area contributed by atoms with E-state index in [0.29, 0.717) is 23.6 Å². The van der Waals surface area contributed by atoms with Crippen LogP contribution in [0, 0.1) is 0 Å². The minimum Gasteiger partial charge on any atom is -0.508 e. The number of hydrogen-bond donors (Lipinski definition) is 2. The molecule has 2 N–H and O–H groups in total. The summed E-state index contributed by atoms with van der Waals surface area (Å²) >= 11 is 0. The highest BCUT2D eigenvalue weighted by atomic mass is 16.5. The molecule has 8 nitrogen and oxygen atoms in total. The number of rotatable bonds is 7. The van der Waals surface area contributed by atoms with Crippen LogP contribution in [0.1, 0.15) is 17.2 Å². The van der Waals surface area contributed by atoms with Crippen LogP contribution in [0.15, 0.2) is 48.0 Å². The second-order valence-electron chi connectivity index (χ2n) is 7.42. The van der Waals surface area contributed by atoms with Gasteiger partial charge in [-0.05, 0) is 43.9 Å². The van der Waals surface area contributed by atoms with Crippen molar-refractivity contribution in [3.05, 3.63) is 59.2 Å². The van der Waals surface area contributed by atoms with Crippen LogP contribution in [0.5, 0.6) is 17.2 Å². The van der Waals surface area contributed by atoms with E-state index in [1.807, 2.05) is 19.0 Å². The maximum Gasteiger partial charge on any atom is 0.295 e. The molecule has 1 amide bonds. The van der Waals surface area contributed by atoms with Crippen LogP contribution in [0.2, 0.25) is 0 Å². The molecule has 0 radical (unpaired) electrons. The van der Waals surface area contributed by atoms with Gasteiger partial charge in [0, 0.05) is 13.1 Å². The largest absolute Gasteiger partial charge is 0.508 e. The van der Waals surface area contributed by atoms with E-state index in [4.69, 9.17) is 9.47 Å². The molecule has 2 aromatic carbocycles. The number of phenols is 1. The number of benzene rings is 2. The topological polar surface area (TPSA) is 99.5 Å². The van der Waals surface area contributed by atoms with E-state index in [0.717, 1.165) is 0 Å². The van der Waals surface area contributed by atoms with Gasteiger partial charge < -0.3 is 29.5 Å². The molecule has 8 heteroatoms. The summed E-state index contributed by atoms with van der Waals surface area (Å²) in [7, 11) is 6.62. The number of amides is 1. The number of Topliss-reactive ketones (excluding diaryl/α,β-unsaturated/α-hetero) is 1. The lowest BCUT2D eigenvalue weighted by molar-refractivity contribution is -0.140. The zero-order valence-corrected chi connectivity index (χ0v) is 18.0. The Morgan fingerprint density at radius 1 is 1.03 bits per heavy atom. The van der Waals surface area contributed by atoms with Crippen molar-refractivity contribution in [1.82, 2.24) is 9.80 Å². The molecule has 31 heavy (non-hydrogen) atoms. The minimum absolute atomic E-state index is 0.0559. The Labute approximate surface area is 180 Å². The van der Waals surface area contributed by atoms with Gasteiger partial charge >= 0.3 is 0 Å². The first-order chi connectivity index (χ1) is 14.8. The van der Waals surface area contributed by atoms with E-state index in [9.17, 15) is 19.8 Å². The van der Waals surface area contributed by atoms with Gasteiger partial charge in [0.15, 0.2) is 0 Å². The van der Waals surface area contributed by atoms with Crippen LogP contribution in [0.25, 0.3) is 5.76 Å². The van der Waals surface area contributed by atoms with Crippen LogP contribution in [-0.2, 0) is 9.59 Å². The van der Waals surface area contributed by atoms with Crippen LogP contribution in [-0.4, -0.2) is 73.1 Å². The van der Waals surface area contributed by atoms with E-state index in [1.165, 1.54) is 31.3 Å². The van der Waals surface area contributed by atoms with Gasteiger partial charge in [-0.1, -0.05) is 18.2 Å². The molecule has 1 unspecified atom stereocenters. The first-order valence-electron chi connectivity index (χ1n) is 9.73. The Morgan fingerprint density at radius 3 is 2.13 bits per heavy atom. The third kappa shape index (κ3) is 4.20. The molecule has 0 aromatic heterocycles. The fourth-order valence-electron chi connectivity index (χ4n) is 3.64. The van der Waals surface area contributed by atoms with Gasteiger partial charge in [0.25, 0.3) is 11.7 Å². The number of ketones is 1. The van der Waals surface area contributed by atoms with Crippen molar-refractivity contribution in [3.8, 4) is 17.2 Å². The van der Waals surface area contributed by atoms with E-state index >= 15 is 0 Å². The van der Waals surface area contributed by atoms with Crippen molar-refractivity contribution in [2.45, 2.75) is 6.04 Å². The molecule has 0 spiro atoms. The average molecular weight is 426 g/mol. The standard InChI is InChI=1S/C23H26N2O6/c1-24(2)12-13-25-20(14-8-10-15(26)11-9-14)19(22(28)23(25)29)21(27)18-16(30-3)6-5-7-17(18)31-4/h5-11,20,26-27H,12-13H2,1-4H3/b21-19+. The molecule has 3 rings (SSSR count). The van der Waals surface area contributed by atoms with Crippen molar-refractivity contribution in [2.75, 3.05) is 41.4 Å². The Kier molecular flexibility index (Phi) is 6.50. The molecule has 1 heterocycles. The summed E-state index contributed by atoms with van der Waals surface area (Å²) in [5.41, 5.74) is 0.727. The highest BCUT2D eigenvalue weighted by Crippen LogP contribution is 2.43. The zero-order chi connectivity index (χ0) is 22.7. The number of aromatic hydroxyl groups is 1. The van der Waals surface area contributed by atoms with Gasteiger partial charge in [0.2, 0.25) is 0 Å². The van der Waals surface area contributed by atoms with Crippen molar-refractivity contribution in [2.24, 2.45) is 0 Å². The molecule has 0 saturated carbocycles. The Morgan fingerprint density at radius 2 is 1.61 bits per heavy atom. The van der Waals surface area contributed by atoms with Gasteiger partial charge in [-0.3, -0.25) is 9.59 Å². The number of hydrogen-bond acceptors (Lipinski definition) is 7. The van der Waals surface area contributed by atoms with Gasteiger partial charge in [-0.25, -0.2) is 0 Å². The number of phenolic OH excluding ortho intramolecular Hbond substituents is 1. The molecular weight excluding hydrogens is 400 g/mol. The first-order valence-corrected chi connectivity index (χ1v) is 9.73. The van der Waals surface area contributed by atoms with Gasteiger partial charge in [-0.2, -0.15) is 0 Å². The van der Waals surface area contributed by atoms with Crippen LogP contribution >= 0.6 is 0 Å². The molecular formula is C23H26N2O6. The molecule has 1 aliphatic rings. The van der Waals surface area contributed by atoms with Crippen LogP contribution < -0.4 is 9.47 Å². The molecule has 164 valence electrons. The summed E-state index contributed by atoms with van der Waals surface area (Å²) in [5, 5.41) is 21.0. The minimum atomic E-state index is -0.824. The maximum atomic E-state index is 13.1. The maximum absolute atomic E-state index is 13.1. The van der Waals surface area contributed by atoms with E-state index < -0.39 is 17.7 Å². The second-order valence-corrected chi connectivity index (χ2v) is 7.42. The number of likely N-dealkylation sites (N-methyl/N-ethyl adjacent to an activating group) is 1. The van der Waals surface area contributed by atoms with Crippen molar-refractivity contribution < 1.29 is 29.3 Å². The summed E-state index contributed by atoms with van der Waals surface area (Å²) in [4.78, 5) is 29.3. The van der Waals surface area contributed by atoms with Crippen molar-refractivity contribution in [1.29, 1.82) is 0 Å². The molecule has 0 aliphatic carbocycles. The van der Waals surface area contributed by atoms with Gasteiger partial charge in [0.1, 0.15) is 28.6 Å². The third-order valence-corrected chi connectivity index (χ3v) is 5.20. The quantitative estimate of drug-likeness (QED) is 0.398. The van der Waals surface area contributed by atoms with Crippen LogP contribution in [0.4, 0.5) is 0 Å². The smallest absolute Gasteiger partial charge is 0.295 e. The Balaban J connectivity index is 2.24. The summed E-state index contributed by atoms with van der Waals surface area (Å²) in [6.45, 7) is 0.808. The average Bonchev–Trinajstić information content (AvgIpc) is 3.01. The number of nitrogens with zero attached hydrogens (tertiary/aromatic N) is 2. The SMILES string of the molecule is COc1cccc(OC)c1/C(O)=C1\C(=O)C(=O)N(CCN(C)C)C1c1ccc(O)cc1. The third-order valence-electron chi connectivity index (χ3n) is 5.20. The molecule has 1 aliphatic heterocycles. The summed E-state index contributed by atoms with van der Waals surface area (Å²) < 4.78 is 10.7. The summed E-state index contributed by atoms with van der Waals surface area (Å²) in [6, 6.07) is 10.3. The fraction of sp³-hybridized carbons (Fsp3) is 0.304. The van der Waals surface area contributed by atoms with E-state index in [2.05, 4.69) is 0 Å². The zero-order valence-electron chi connectivity index (χ0n) is 18.0. The highest BCUT2D eigenvalue weighted by molar-refractivity contribution is 6.46. The number of ether oxygens (including phenoxy) is 2. The highest BCUT2D eigenvalue weighted by Gasteiger charge is 2.46. The van der Waals surface area contributed by atoms with Crippen molar-refractivity contribution >= 4 is 17.4 Å². The van der Waals surface area contributed by atoms with Gasteiger partial charge in [0.05, 0.1) is 25.8 Å². The monoisotopic (exact) mass is 426 g/mol. The number of likely N-dealkylation sites (tertiary alicyclic amines) is 1. The van der Waals surface area contributed by atoms with Crippen molar-refractivity contribution in [3.63, 3.8) is 0 Å². The molecule has 0 bridgehead atoms. The predicted octanol–water partition coefficient (Wildman–Crippen LogP) is 2.39.